The monoisotopic (exact) mass is 398 g/mol. The van der Waals surface area contributed by atoms with E-state index < -0.39 is 6.17 Å². The maximum atomic E-state index is 14.2. The van der Waals surface area contributed by atoms with Crippen molar-refractivity contribution in [2.75, 3.05) is 13.2 Å². The number of rotatable bonds is 5. The van der Waals surface area contributed by atoms with Gasteiger partial charge in [-0.1, -0.05) is 18.2 Å². The molecular weight excluding hydrogens is 374 g/mol. The van der Waals surface area contributed by atoms with Crippen LogP contribution in [0.3, 0.4) is 0 Å². The number of aryl methyl sites for hydroxylation is 1. The Labute approximate surface area is 168 Å². The number of aromatic nitrogens is 1. The van der Waals surface area contributed by atoms with E-state index in [4.69, 9.17) is 4.74 Å². The first kappa shape index (κ1) is 18.5. The maximum absolute atomic E-state index is 14.2. The molecule has 2 aromatic rings. The number of likely N-dealkylation sites (tertiary alicyclic amines) is 1. The summed E-state index contributed by atoms with van der Waals surface area (Å²) >= 11 is 0. The van der Waals surface area contributed by atoms with E-state index in [9.17, 15) is 13.6 Å². The minimum Gasteiger partial charge on any atom is -0.477 e. The van der Waals surface area contributed by atoms with Crippen molar-refractivity contribution < 1.29 is 18.3 Å². The Kier molecular flexibility index (Phi) is 4.16. The number of nitrogens with zero attached hydrogens (tertiary/aromatic N) is 2. The van der Waals surface area contributed by atoms with Gasteiger partial charge in [0.25, 0.3) is 0 Å². The topological polar surface area (TPSA) is 42.4 Å². The number of carbonyl (C=O) groups excluding carboxylic acids is 1. The van der Waals surface area contributed by atoms with E-state index in [1.54, 1.807) is 23.2 Å². The molecule has 4 nitrogen and oxygen atoms in total. The van der Waals surface area contributed by atoms with E-state index in [0.29, 0.717) is 18.1 Å². The Balaban J connectivity index is 1.23. The lowest BCUT2D eigenvalue weighted by Crippen LogP contribution is -2.69. The van der Waals surface area contributed by atoms with Gasteiger partial charge in [0.15, 0.2) is 0 Å². The average molecular weight is 398 g/mol. The minimum atomic E-state index is -1.07. The van der Waals surface area contributed by atoms with Crippen LogP contribution in [0.1, 0.15) is 42.9 Å². The number of halogens is 2. The van der Waals surface area contributed by atoms with Crippen LogP contribution in [-0.4, -0.2) is 35.1 Å². The van der Waals surface area contributed by atoms with Crippen LogP contribution >= 0.6 is 0 Å². The van der Waals surface area contributed by atoms with E-state index in [1.165, 1.54) is 12.1 Å². The van der Waals surface area contributed by atoms with Gasteiger partial charge in [-0.25, -0.2) is 13.8 Å². The highest BCUT2D eigenvalue weighted by molar-refractivity contribution is 5.87. The lowest BCUT2D eigenvalue weighted by atomic mass is 9.35. The summed E-state index contributed by atoms with van der Waals surface area (Å²) in [6.07, 6.45) is 3.26. The van der Waals surface area contributed by atoms with E-state index >= 15 is 0 Å². The highest BCUT2D eigenvalue weighted by Crippen LogP contribution is 2.74. The standard InChI is InChI=1S/C23H24F2N2O2/c1-15-5-6-20(26-9-15)29-14-22-11-23(12-22,13-22)21(28)27-10-18(25)8-19(27)16-3-2-4-17(24)7-16/h2-7,9,18-19H,8,10-14H2,1H3. The lowest BCUT2D eigenvalue weighted by molar-refractivity contribution is -0.226. The second-order valence-electron chi connectivity index (χ2n) is 9.13. The van der Waals surface area contributed by atoms with Crippen molar-refractivity contribution in [3.8, 4) is 5.88 Å². The number of carbonyl (C=O) groups is 1. The number of ether oxygens (including phenoxy) is 1. The Morgan fingerprint density at radius 1 is 1.28 bits per heavy atom. The molecule has 4 aliphatic rings. The quantitative estimate of drug-likeness (QED) is 0.750. The molecule has 4 fully saturated rings. The van der Waals surface area contributed by atoms with Gasteiger partial charge in [-0.2, -0.15) is 0 Å². The number of benzene rings is 1. The van der Waals surface area contributed by atoms with E-state index in [0.717, 1.165) is 24.8 Å². The molecule has 1 amide bonds. The molecule has 1 aliphatic heterocycles. The van der Waals surface area contributed by atoms with Crippen LogP contribution in [0.4, 0.5) is 8.78 Å². The Morgan fingerprint density at radius 3 is 2.76 bits per heavy atom. The van der Waals surface area contributed by atoms with Crippen LogP contribution in [-0.2, 0) is 4.79 Å². The zero-order valence-electron chi connectivity index (χ0n) is 16.4. The summed E-state index contributed by atoms with van der Waals surface area (Å²) in [5.74, 6) is 0.262. The van der Waals surface area contributed by atoms with Gasteiger partial charge in [-0.05, 0) is 49.4 Å². The lowest BCUT2D eigenvalue weighted by Gasteiger charge is -2.69. The third kappa shape index (κ3) is 3.09. The van der Waals surface area contributed by atoms with Crippen molar-refractivity contribution >= 4 is 5.91 Å². The van der Waals surface area contributed by atoms with E-state index in [-0.39, 0.29) is 41.6 Å². The summed E-state index contributed by atoms with van der Waals surface area (Å²) in [4.78, 5) is 19.2. The second kappa shape index (κ2) is 6.51. The maximum Gasteiger partial charge on any atom is 0.229 e. The predicted octanol–water partition coefficient (Wildman–Crippen LogP) is 4.39. The first-order chi connectivity index (χ1) is 13.9. The van der Waals surface area contributed by atoms with E-state index in [1.807, 2.05) is 19.1 Å². The third-order valence-electron chi connectivity index (χ3n) is 6.75. The molecule has 152 valence electrons. The Hall–Kier alpha value is -2.50. The summed E-state index contributed by atoms with van der Waals surface area (Å²) < 4.78 is 33.7. The fraction of sp³-hybridized carbons (Fsp3) is 0.478. The van der Waals surface area contributed by atoms with Gasteiger partial charge in [0.2, 0.25) is 11.8 Å². The van der Waals surface area contributed by atoms with Crippen molar-refractivity contribution in [3.63, 3.8) is 0 Å². The van der Waals surface area contributed by atoms with Crippen molar-refractivity contribution in [3.05, 3.63) is 59.5 Å². The fourth-order valence-electron chi connectivity index (χ4n) is 5.49. The van der Waals surface area contributed by atoms with Crippen molar-refractivity contribution in [1.29, 1.82) is 0 Å². The molecule has 2 heterocycles. The van der Waals surface area contributed by atoms with Gasteiger partial charge >= 0.3 is 0 Å². The molecular formula is C23H24F2N2O2. The molecule has 0 radical (unpaired) electrons. The Morgan fingerprint density at radius 2 is 2.07 bits per heavy atom. The molecule has 2 unspecified atom stereocenters. The van der Waals surface area contributed by atoms with Gasteiger partial charge < -0.3 is 9.64 Å². The predicted molar refractivity (Wildman–Crippen MR) is 104 cm³/mol. The molecule has 6 heteroatoms. The fourth-order valence-corrected chi connectivity index (χ4v) is 5.49. The van der Waals surface area contributed by atoms with Gasteiger partial charge in [0.05, 0.1) is 24.6 Å². The summed E-state index contributed by atoms with van der Waals surface area (Å²) in [6, 6.07) is 9.61. The Bertz CT molecular complexity index is 926. The number of hydrogen-bond donors (Lipinski definition) is 0. The molecule has 1 aromatic carbocycles. The first-order valence-electron chi connectivity index (χ1n) is 10.1. The molecule has 3 saturated carbocycles. The zero-order chi connectivity index (χ0) is 20.2. The number of hydrogen-bond acceptors (Lipinski definition) is 3. The molecule has 2 atom stereocenters. The molecule has 3 aliphatic carbocycles. The second-order valence-corrected chi connectivity index (χ2v) is 9.13. The minimum absolute atomic E-state index is 0.0160. The smallest absolute Gasteiger partial charge is 0.229 e. The molecule has 0 N–H and O–H groups in total. The number of pyridine rings is 1. The highest BCUT2D eigenvalue weighted by Gasteiger charge is 2.72. The largest absolute Gasteiger partial charge is 0.477 e. The van der Waals surface area contributed by atoms with Gasteiger partial charge in [0.1, 0.15) is 12.0 Å². The average Bonchev–Trinajstić information content (AvgIpc) is 3.03. The van der Waals surface area contributed by atoms with Crippen LogP contribution in [0.25, 0.3) is 0 Å². The molecule has 1 saturated heterocycles. The normalized spacial score (nSPS) is 32.4. The number of amides is 1. The molecule has 29 heavy (non-hydrogen) atoms. The molecule has 2 bridgehead atoms. The van der Waals surface area contributed by atoms with Gasteiger partial charge in [-0.15, -0.1) is 0 Å². The highest BCUT2D eigenvalue weighted by atomic mass is 19.1. The van der Waals surface area contributed by atoms with Crippen LogP contribution < -0.4 is 4.74 Å². The first-order valence-corrected chi connectivity index (χ1v) is 10.1. The third-order valence-corrected chi connectivity index (χ3v) is 6.75. The van der Waals surface area contributed by atoms with Crippen molar-refractivity contribution in [2.45, 2.75) is 44.8 Å². The zero-order valence-corrected chi connectivity index (χ0v) is 16.4. The summed E-state index contributed by atoms with van der Waals surface area (Å²) in [5, 5.41) is 0. The molecule has 1 aromatic heterocycles. The van der Waals surface area contributed by atoms with Crippen LogP contribution in [0, 0.1) is 23.6 Å². The van der Waals surface area contributed by atoms with E-state index in [2.05, 4.69) is 4.98 Å². The molecule has 0 spiro atoms. The van der Waals surface area contributed by atoms with Crippen molar-refractivity contribution in [1.82, 2.24) is 9.88 Å². The number of alkyl halides is 1. The van der Waals surface area contributed by atoms with Crippen LogP contribution in [0.5, 0.6) is 5.88 Å². The summed E-state index contributed by atoms with van der Waals surface area (Å²) in [7, 11) is 0. The van der Waals surface area contributed by atoms with Crippen LogP contribution in [0.15, 0.2) is 42.6 Å². The SMILES string of the molecule is Cc1ccc(OCC23CC(C(=O)N4CC(F)CC4c4cccc(F)c4)(C2)C3)nc1. The van der Waals surface area contributed by atoms with Crippen molar-refractivity contribution in [2.24, 2.45) is 10.8 Å². The van der Waals surface area contributed by atoms with Gasteiger partial charge in [0, 0.05) is 24.1 Å². The summed E-state index contributed by atoms with van der Waals surface area (Å²) in [5.41, 5.74) is 1.40. The molecule has 6 rings (SSSR count). The summed E-state index contributed by atoms with van der Waals surface area (Å²) in [6.45, 7) is 2.63. The van der Waals surface area contributed by atoms with Crippen LogP contribution in [0.2, 0.25) is 0 Å². The van der Waals surface area contributed by atoms with Gasteiger partial charge in [-0.3, -0.25) is 4.79 Å².